The van der Waals surface area contributed by atoms with Gasteiger partial charge in [-0.15, -0.1) is 0 Å². The minimum atomic E-state index is 0.771. The van der Waals surface area contributed by atoms with Gasteiger partial charge in [0.25, 0.3) is 0 Å². The molecular weight excluding hydrogens is 284 g/mol. The molecule has 4 heteroatoms. The molecule has 2 aromatic rings. The molecule has 0 amide bonds. The van der Waals surface area contributed by atoms with Crippen molar-refractivity contribution in [3.63, 3.8) is 0 Å². The van der Waals surface area contributed by atoms with Gasteiger partial charge in [0.2, 0.25) is 0 Å². The number of para-hydroxylation sites is 1. The summed E-state index contributed by atoms with van der Waals surface area (Å²) in [5.41, 5.74) is 5.13. The molecule has 120 valence electrons. The lowest BCUT2D eigenvalue weighted by atomic mass is 10.2. The van der Waals surface area contributed by atoms with Gasteiger partial charge in [-0.05, 0) is 35.7 Å². The topological polar surface area (TPSA) is 30.9 Å². The number of benzene rings is 2. The van der Waals surface area contributed by atoms with E-state index in [1.54, 1.807) is 0 Å². The van der Waals surface area contributed by atoms with E-state index in [0.29, 0.717) is 0 Å². The molecule has 1 aliphatic heterocycles. The number of hydrogen-bond acceptors (Lipinski definition) is 2. The zero-order valence-electron chi connectivity index (χ0n) is 14.1. The molecule has 1 aliphatic rings. The van der Waals surface area contributed by atoms with E-state index in [1.165, 1.54) is 22.5 Å². The summed E-state index contributed by atoms with van der Waals surface area (Å²) in [6.07, 6.45) is 1.08. The predicted molar refractivity (Wildman–Crippen MR) is 98.5 cm³/mol. The number of aliphatic imine (C=N–C) groups is 1. The molecule has 3 rings (SSSR count). The first-order valence-electron chi connectivity index (χ1n) is 8.01. The van der Waals surface area contributed by atoms with Crippen LogP contribution in [0.5, 0.6) is 0 Å². The van der Waals surface area contributed by atoms with Crippen molar-refractivity contribution in [3.05, 3.63) is 59.7 Å². The first-order chi connectivity index (χ1) is 11.2. The molecule has 0 radical (unpaired) electrons. The minimum Gasteiger partial charge on any atom is -0.378 e. The minimum absolute atomic E-state index is 0.771. The highest BCUT2D eigenvalue weighted by Gasteiger charge is 2.22. The zero-order chi connectivity index (χ0) is 16.2. The SMILES string of the molecule is CN=C(NCc1cccc(N(C)C)c1)N1CCc2ccccc21. The molecule has 0 spiro atoms. The Morgan fingerprint density at radius 3 is 2.78 bits per heavy atom. The van der Waals surface area contributed by atoms with Gasteiger partial charge in [0.15, 0.2) is 5.96 Å². The smallest absolute Gasteiger partial charge is 0.198 e. The van der Waals surface area contributed by atoms with Crippen LogP contribution < -0.4 is 15.1 Å². The molecule has 0 atom stereocenters. The van der Waals surface area contributed by atoms with Gasteiger partial charge in [-0.25, -0.2) is 0 Å². The average Bonchev–Trinajstić information content (AvgIpc) is 3.00. The maximum Gasteiger partial charge on any atom is 0.198 e. The summed E-state index contributed by atoms with van der Waals surface area (Å²) in [7, 11) is 5.97. The van der Waals surface area contributed by atoms with Crippen LogP contribution >= 0.6 is 0 Å². The van der Waals surface area contributed by atoms with Gasteiger partial charge < -0.3 is 15.1 Å². The Labute approximate surface area is 138 Å². The predicted octanol–water partition coefficient (Wildman–Crippen LogP) is 2.89. The molecule has 23 heavy (non-hydrogen) atoms. The second-order valence-corrected chi connectivity index (χ2v) is 6.00. The second-order valence-electron chi connectivity index (χ2n) is 6.00. The Balaban J connectivity index is 1.71. The Morgan fingerprint density at radius 1 is 1.17 bits per heavy atom. The van der Waals surface area contributed by atoms with Crippen molar-refractivity contribution in [1.29, 1.82) is 0 Å². The largest absolute Gasteiger partial charge is 0.378 e. The standard InChI is InChI=1S/C19H24N4/c1-20-19(23-12-11-16-8-4-5-10-18(16)23)21-14-15-7-6-9-17(13-15)22(2)3/h4-10,13H,11-12,14H2,1-3H3,(H,20,21). The Hall–Kier alpha value is -2.49. The van der Waals surface area contributed by atoms with E-state index in [4.69, 9.17) is 0 Å². The van der Waals surface area contributed by atoms with Gasteiger partial charge in [-0.2, -0.15) is 0 Å². The second kappa shape index (κ2) is 6.73. The van der Waals surface area contributed by atoms with E-state index in [1.807, 2.05) is 7.05 Å². The lowest BCUT2D eigenvalue weighted by molar-refractivity contribution is 0.866. The summed E-state index contributed by atoms with van der Waals surface area (Å²) >= 11 is 0. The highest BCUT2D eigenvalue weighted by atomic mass is 15.3. The fourth-order valence-corrected chi connectivity index (χ4v) is 2.98. The number of nitrogens with zero attached hydrogens (tertiary/aromatic N) is 3. The summed E-state index contributed by atoms with van der Waals surface area (Å²) in [5, 5.41) is 3.49. The van der Waals surface area contributed by atoms with Crippen molar-refractivity contribution in [2.45, 2.75) is 13.0 Å². The van der Waals surface area contributed by atoms with Crippen LogP contribution in [0.2, 0.25) is 0 Å². The molecule has 0 saturated carbocycles. The van der Waals surface area contributed by atoms with Crippen LogP contribution in [0.15, 0.2) is 53.5 Å². The third kappa shape index (κ3) is 3.31. The molecule has 0 unspecified atom stereocenters. The third-order valence-corrected chi connectivity index (χ3v) is 4.23. The third-order valence-electron chi connectivity index (χ3n) is 4.23. The lowest BCUT2D eigenvalue weighted by Crippen LogP contribution is -2.40. The Bertz CT molecular complexity index is 706. The molecular formula is C19H24N4. The van der Waals surface area contributed by atoms with Crippen LogP contribution in [-0.4, -0.2) is 33.6 Å². The van der Waals surface area contributed by atoms with Crippen molar-refractivity contribution in [2.75, 3.05) is 37.5 Å². The van der Waals surface area contributed by atoms with Crippen molar-refractivity contribution >= 4 is 17.3 Å². The van der Waals surface area contributed by atoms with Crippen molar-refractivity contribution in [3.8, 4) is 0 Å². The quantitative estimate of drug-likeness (QED) is 0.699. The first kappa shape index (κ1) is 15.4. The molecule has 0 fully saturated rings. The summed E-state index contributed by atoms with van der Waals surface area (Å²) in [5.74, 6) is 0.935. The first-order valence-corrected chi connectivity index (χ1v) is 8.01. The van der Waals surface area contributed by atoms with Crippen molar-refractivity contribution < 1.29 is 0 Å². The Kier molecular flexibility index (Phi) is 4.51. The highest BCUT2D eigenvalue weighted by Crippen LogP contribution is 2.27. The summed E-state index contributed by atoms with van der Waals surface area (Å²) < 4.78 is 0. The van der Waals surface area contributed by atoms with Gasteiger partial charge in [0.05, 0.1) is 0 Å². The summed E-state index contributed by atoms with van der Waals surface area (Å²) in [4.78, 5) is 8.85. The molecule has 0 saturated heterocycles. The number of guanidine groups is 1. The maximum atomic E-state index is 4.46. The monoisotopic (exact) mass is 308 g/mol. The number of rotatable bonds is 3. The van der Waals surface area contributed by atoms with Crippen LogP contribution in [-0.2, 0) is 13.0 Å². The van der Waals surface area contributed by atoms with Crippen molar-refractivity contribution in [2.24, 2.45) is 4.99 Å². The number of anilines is 2. The van der Waals surface area contributed by atoms with Crippen LogP contribution in [0.3, 0.4) is 0 Å². The number of fused-ring (bicyclic) bond motifs is 1. The van der Waals surface area contributed by atoms with Crippen molar-refractivity contribution in [1.82, 2.24) is 5.32 Å². The van der Waals surface area contributed by atoms with E-state index in [9.17, 15) is 0 Å². The molecule has 2 aromatic carbocycles. The summed E-state index contributed by atoms with van der Waals surface area (Å²) in [6.45, 7) is 1.75. The van der Waals surface area contributed by atoms with Gasteiger partial charge in [-0.1, -0.05) is 30.3 Å². The normalized spacial score (nSPS) is 13.9. The Morgan fingerprint density at radius 2 is 2.00 bits per heavy atom. The van der Waals surface area contributed by atoms with Gasteiger partial charge >= 0.3 is 0 Å². The fraction of sp³-hybridized carbons (Fsp3) is 0.316. The van der Waals surface area contributed by atoms with Gasteiger partial charge in [-0.3, -0.25) is 4.99 Å². The molecule has 4 nitrogen and oxygen atoms in total. The number of nitrogens with one attached hydrogen (secondary N) is 1. The van der Waals surface area contributed by atoms with Crippen LogP contribution in [0.1, 0.15) is 11.1 Å². The molecule has 0 aromatic heterocycles. The fourth-order valence-electron chi connectivity index (χ4n) is 2.98. The zero-order valence-corrected chi connectivity index (χ0v) is 14.1. The van der Waals surface area contributed by atoms with Crippen LogP contribution in [0.25, 0.3) is 0 Å². The van der Waals surface area contributed by atoms with E-state index in [0.717, 1.165) is 25.5 Å². The molecule has 0 aliphatic carbocycles. The average molecular weight is 308 g/mol. The van der Waals surface area contributed by atoms with Crippen LogP contribution in [0, 0.1) is 0 Å². The summed E-state index contributed by atoms with van der Waals surface area (Å²) in [6, 6.07) is 17.1. The highest BCUT2D eigenvalue weighted by molar-refractivity contribution is 5.97. The van der Waals surface area contributed by atoms with Crippen LogP contribution in [0.4, 0.5) is 11.4 Å². The number of hydrogen-bond donors (Lipinski definition) is 1. The van der Waals surface area contributed by atoms with E-state index in [-0.39, 0.29) is 0 Å². The van der Waals surface area contributed by atoms with E-state index < -0.39 is 0 Å². The molecule has 0 bridgehead atoms. The lowest BCUT2D eigenvalue weighted by Gasteiger charge is -2.22. The van der Waals surface area contributed by atoms with Gasteiger partial charge in [0.1, 0.15) is 0 Å². The van der Waals surface area contributed by atoms with E-state index >= 15 is 0 Å². The van der Waals surface area contributed by atoms with E-state index in [2.05, 4.69) is 82.7 Å². The maximum absolute atomic E-state index is 4.46. The molecule has 1 N–H and O–H groups in total. The molecule has 1 heterocycles. The van der Waals surface area contributed by atoms with Gasteiger partial charge in [0, 0.05) is 45.6 Å².